The Hall–Kier alpha value is 0.740. The molecule has 1 N–H and O–H groups in total. The van der Waals surface area contributed by atoms with Gasteiger partial charge in [0.15, 0.2) is 0 Å². The minimum atomic E-state index is -1.10. The van der Waals surface area contributed by atoms with Crippen molar-refractivity contribution in [2.24, 2.45) is 11.8 Å². The number of aliphatic carboxylic acids is 1. The van der Waals surface area contributed by atoms with Crippen molar-refractivity contribution >= 4 is 17.6 Å². The minimum Gasteiger partial charge on any atom is -0.872 e. The van der Waals surface area contributed by atoms with Crippen molar-refractivity contribution in [1.82, 2.24) is 0 Å². The van der Waals surface area contributed by atoms with Gasteiger partial charge >= 0.3 is 59.1 Å². The van der Waals surface area contributed by atoms with Gasteiger partial charge in [0, 0.05) is 12.4 Å². The summed E-state index contributed by atoms with van der Waals surface area (Å²) >= 11 is 4.64. The largest absolute Gasteiger partial charge is 1.00 e. The first kappa shape index (κ1) is 25.7. The molecule has 0 aromatic heterocycles. The average molecular weight is 385 g/mol. The van der Waals surface area contributed by atoms with Crippen molar-refractivity contribution in [3.05, 3.63) is 29.3 Å². The standard InChI is InChI=1S/C17H22O4.CH3Cl.2Na/c1-17(21)7-6-13-12-5-3-11(18)8-10(12)2-4-14(13)15(17)9-16(19)20;1-2;;/h3,5,8,13-15,18,21H,2,4,6-7,9H2,1H3,(H,19,20);1H3;;/q;;2*+1/p-2. The number of carboxylic acids is 1. The van der Waals surface area contributed by atoms with E-state index >= 15 is 0 Å². The maximum Gasteiger partial charge on any atom is 1.00 e. The molecule has 1 aromatic rings. The first-order valence-corrected chi connectivity index (χ1v) is 8.74. The van der Waals surface area contributed by atoms with Gasteiger partial charge in [-0.05, 0) is 67.9 Å². The van der Waals surface area contributed by atoms with E-state index in [1.165, 1.54) is 11.9 Å². The van der Waals surface area contributed by atoms with Crippen LogP contribution in [0.3, 0.4) is 0 Å². The van der Waals surface area contributed by atoms with E-state index in [1.807, 2.05) is 6.07 Å². The Bertz CT molecular complexity index is 580. The van der Waals surface area contributed by atoms with Gasteiger partial charge in [-0.15, -0.1) is 17.4 Å². The van der Waals surface area contributed by atoms with Crippen molar-refractivity contribution in [2.75, 3.05) is 6.38 Å². The average Bonchev–Trinajstić information content (AvgIpc) is 2.51. The quantitative estimate of drug-likeness (QED) is 0.412. The van der Waals surface area contributed by atoms with E-state index in [4.69, 9.17) is 0 Å². The molecule has 3 rings (SSSR count). The second-order valence-electron chi connectivity index (χ2n) is 6.75. The molecule has 7 heteroatoms. The van der Waals surface area contributed by atoms with Crippen LogP contribution in [0.15, 0.2) is 18.2 Å². The molecule has 0 spiro atoms. The number of carboxylic acid groups (broad SMARTS) is 1. The molecule has 2 aliphatic carbocycles. The van der Waals surface area contributed by atoms with Crippen molar-refractivity contribution in [3.63, 3.8) is 0 Å². The van der Waals surface area contributed by atoms with Gasteiger partial charge in [-0.3, -0.25) is 0 Å². The first-order chi connectivity index (χ1) is 10.9. The second kappa shape index (κ2) is 10.9. The molecule has 4 unspecified atom stereocenters. The Morgan fingerprint density at radius 3 is 2.56 bits per heavy atom. The molecule has 1 saturated carbocycles. The maximum atomic E-state index is 11.5. The summed E-state index contributed by atoms with van der Waals surface area (Å²) in [4.78, 5) is 11.1. The molecule has 2 aliphatic rings. The van der Waals surface area contributed by atoms with Gasteiger partial charge in [-0.25, -0.2) is 0 Å². The molecular formula is C18H23ClNa2O4. The number of halogens is 1. The molecule has 0 radical (unpaired) electrons. The van der Waals surface area contributed by atoms with Crippen LogP contribution < -0.4 is 69.3 Å². The Morgan fingerprint density at radius 1 is 1.32 bits per heavy atom. The summed E-state index contributed by atoms with van der Waals surface area (Å²) in [5, 5.41) is 33.1. The number of hydrogen-bond donors (Lipinski definition) is 1. The molecule has 4 atom stereocenters. The predicted octanol–water partition coefficient (Wildman–Crippen LogP) is -4.43. The summed E-state index contributed by atoms with van der Waals surface area (Å²) in [7, 11) is 0. The Labute approximate surface area is 198 Å². The van der Waals surface area contributed by atoms with E-state index in [0.717, 1.165) is 24.8 Å². The minimum absolute atomic E-state index is 0. The van der Waals surface area contributed by atoms with Gasteiger partial charge in [0.1, 0.15) is 0 Å². The molecule has 0 heterocycles. The number of hydrogen-bond acceptors (Lipinski definition) is 4. The van der Waals surface area contributed by atoms with Crippen LogP contribution in [0.1, 0.15) is 49.7 Å². The maximum absolute atomic E-state index is 11.5. The molecule has 0 amide bonds. The Kier molecular flexibility index (Phi) is 11.2. The first-order valence-electron chi connectivity index (χ1n) is 7.98. The van der Waals surface area contributed by atoms with Crippen molar-refractivity contribution < 1.29 is 79.2 Å². The zero-order chi connectivity index (χ0) is 17.2. The molecule has 1 fully saturated rings. The zero-order valence-electron chi connectivity index (χ0n) is 15.5. The summed E-state index contributed by atoms with van der Waals surface area (Å²) in [5.74, 6) is -0.945. The fraction of sp³-hybridized carbons (Fsp3) is 0.611. The molecule has 0 saturated heterocycles. The van der Waals surface area contributed by atoms with Crippen LogP contribution in [0.5, 0.6) is 5.75 Å². The van der Waals surface area contributed by atoms with Crippen molar-refractivity contribution in [2.45, 2.75) is 50.5 Å². The van der Waals surface area contributed by atoms with E-state index in [9.17, 15) is 20.1 Å². The SMILES string of the molecule is CC1(O)CCC2c3ccc([O-])cc3CCC2C1CC(=O)[O-].CCl.[Na+].[Na+]. The van der Waals surface area contributed by atoms with Crippen LogP contribution in [0.2, 0.25) is 0 Å². The number of aliphatic hydroxyl groups is 1. The van der Waals surface area contributed by atoms with Gasteiger partial charge in [0.25, 0.3) is 0 Å². The third kappa shape index (κ3) is 5.86. The number of benzene rings is 1. The molecule has 1 aromatic carbocycles. The molecule has 0 aliphatic heterocycles. The van der Waals surface area contributed by atoms with Gasteiger partial charge in [-0.1, -0.05) is 18.2 Å². The molecule has 0 bridgehead atoms. The normalized spacial score (nSPS) is 29.5. The molecule has 25 heavy (non-hydrogen) atoms. The van der Waals surface area contributed by atoms with E-state index in [-0.39, 0.29) is 89.0 Å². The summed E-state index contributed by atoms with van der Waals surface area (Å²) in [6.45, 7) is 1.74. The van der Waals surface area contributed by atoms with Crippen molar-refractivity contribution in [3.8, 4) is 5.75 Å². The van der Waals surface area contributed by atoms with Crippen LogP contribution in [0.25, 0.3) is 0 Å². The number of rotatable bonds is 2. The number of carbonyl (C=O) groups excluding carboxylic acids is 1. The third-order valence-corrected chi connectivity index (χ3v) is 5.44. The van der Waals surface area contributed by atoms with E-state index in [1.54, 1.807) is 19.1 Å². The topological polar surface area (TPSA) is 83.4 Å². The second-order valence-corrected chi connectivity index (χ2v) is 6.75. The van der Waals surface area contributed by atoms with Crippen molar-refractivity contribution in [1.29, 1.82) is 0 Å². The molecular weight excluding hydrogens is 362 g/mol. The van der Waals surface area contributed by atoms with Crippen LogP contribution in [-0.4, -0.2) is 23.1 Å². The van der Waals surface area contributed by atoms with Crippen LogP contribution in [0, 0.1) is 11.8 Å². The Balaban J connectivity index is 0.00000139. The number of carbonyl (C=O) groups is 1. The third-order valence-electron chi connectivity index (χ3n) is 5.44. The molecule has 128 valence electrons. The van der Waals surface area contributed by atoms with Crippen LogP contribution >= 0.6 is 11.6 Å². The van der Waals surface area contributed by atoms with Gasteiger partial charge in [-0.2, -0.15) is 0 Å². The number of aryl methyl sites for hydroxylation is 1. The van der Waals surface area contributed by atoms with Gasteiger partial charge in [0.2, 0.25) is 0 Å². The summed E-state index contributed by atoms with van der Waals surface area (Å²) in [6.07, 6.45) is 4.42. The number of alkyl halides is 1. The smallest absolute Gasteiger partial charge is 0.872 e. The van der Waals surface area contributed by atoms with Gasteiger partial charge in [0.05, 0.1) is 5.60 Å². The monoisotopic (exact) mass is 384 g/mol. The summed E-state index contributed by atoms with van der Waals surface area (Å²) in [5.41, 5.74) is 1.32. The Morgan fingerprint density at radius 2 is 1.96 bits per heavy atom. The van der Waals surface area contributed by atoms with Crippen LogP contribution in [0.4, 0.5) is 0 Å². The van der Waals surface area contributed by atoms with Gasteiger partial charge < -0.3 is 20.1 Å². The van der Waals surface area contributed by atoms with E-state index < -0.39 is 11.6 Å². The summed E-state index contributed by atoms with van der Waals surface area (Å²) < 4.78 is 0. The van der Waals surface area contributed by atoms with E-state index in [2.05, 4.69) is 11.6 Å². The zero-order valence-corrected chi connectivity index (χ0v) is 20.3. The predicted molar refractivity (Wildman–Crippen MR) is 85.2 cm³/mol. The fourth-order valence-corrected chi connectivity index (χ4v) is 4.41. The fourth-order valence-electron chi connectivity index (χ4n) is 4.41. The molecule has 4 nitrogen and oxygen atoms in total. The summed E-state index contributed by atoms with van der Waals surface area (Å²) in [6, 6.07) is 5.18. The van der Waals surface area contributed by atoms with Crippen LogP contribution in [-0.2, 0) is 11.2 Å². The number of fused-ring (bicyclic) bond motifs is 3. The van der Waals surface area contributed by atoms with E-state index in [0.29, 0.717) is 6.42 Å².